The summed E-state index contributed by atoms with van der Waals surface area (Å²) in [4.78, 5) is 22.1. The van der Waals surface area contributed by atoms with Gasteiger partial charge in [0.2, 0.25) is 5.78 Å². The molecule has 1 amide bonds. The Morgan fingerprint density at radius 2 is 1.61 bits per heavy atom. The Kier molecular flexibility index (Phi) is 5.80. The van der Waals surface area contributed by atoms with Crippen LogP contribution in [0.5, 0.6) is 0 Å². The summed E-state index contributed by atoms with van der Waals surface area (Å²) in [6.07, 6.45) is -1.08. The van der Waals surface area contributed by atoms with Crippen LogP contribution >= 0.6 is 0 Å². The lowest BCUT2D eigenvalue weighted by atomic mass is 9.95. The van der Waals surface area contributed by atoms with Crippen molar-refractivity contribution in [2.24, 2.45) is 0 Å². The Bertz CT molecular complexity index is 1570. The van der Waals surface area contributed by atoms with E-state index in [1.54, 1.807) is 37.5 Å². The van der Waals surface area contributed by atoms with Crippen molar-refractivity contribution in [3.05, 3.63) is 108 Å². The second kappa shape index (κ2) is 8.96. The molecule has 0 spiro atoms. The number of fused-ring (bicyclic) bond motifs is 1. The van der Waals surface area contributed by atoms with Gasteiger partial charge in [-0.05, 0) is 48.7 Å². The van der Waals surface area contributed by atoms with Crippen molar-refractivity contribution in [3.63, 3.8) is 0 Å². The van der Waals surface area contributed by atoms with Gasteiger partial charge >= 0.3 is 6.18 Å². The molecule has 2 aromatic heterocycles. The van der Waals surface area contributed by atoms with Crippen molar-refractivity contribution in [1.29, 1.82) is 0 Å². The first-order valence-corrected chi connectivity index (χ1v) is 11.2. The smallest absolute Gasteiger partial charge is 0.319 e. The molecule has 0 unspecified atom stereocenters. The summed E-state index contributed by atoms with van der Waals surface area (Å²) in [6.45, 7) is 3.68. The van der Waals surface area contributed by atoms with E-state index >= 15 is 0 Å². The molecule has 180 valence electrons. The van der Waals surface area contributed by atoms with Crippen molar-refractivity contribution in [2.45, 2.75) is 20.0 Å². The van der Waals surface area contributed by atoms with E-state index in [1.165, 1.54) is 12.1 Å². The maximum atomic E-state index is 13.2. The first kappa shape index (κ1) is 23.3. The quantitative estimate of drug-likeness (QED) is 0.299. The van der Waals surface area contributed by atoms with E-state index in [0.29, 0.717) is 33.7 Å². The zero-order chi connectivity index (χ0) is 25.4. The number of imidazole rings is 1. The molecule has 0 aliphatic heterocycles. The summed E-state index contributed by atoms with van der Waals surface area (Å²) in [5.41, 5.74) is 4.80. The van der Waals surface area contributed by atoms with Crippen molar-refractivity contribution in [3.8, 4) is 22.4 Å². The molecule has 0 aliphatic rings. The van der Waals surface area contributed by atoms with Gasteiger partial charge in [0.1, 0.15) is 0 Å². The van der Waals surface area contributed by atoms with Crippen molar-refractivity contribution in [2.75, 3.05) is 5.32 Å². The zero-order valence-corrected chi connectivity index (χ0v) is 19.5. The predicted molar refractivity (Wildman–Crippen MR) is 133 cm³/mol. The molecule has 2 heterocycles. The van der Waals surface area contributed by atoms with Crippen LogP contribution in [-0.2, 0) is 6.18 Å². The van der Waals surface area contributed by atoms with Gasteiger partial charge in [0.25, 0.3) is 5.91 Å². The number of nitrogens with one attached hydrogen (secondary N) is 1. The molecule has 0 saturated carbocycles. The first-order chi connectivity index (χ1) is 17.2. The van der Waals surface area contributed by atoms with E-state index < -0.39 is 11.7 Å². The number of hydrogen-bond acceptors (Lipinski definition) is 3. The number of alkyl halides is 3. The minimum absolute atomic E-state index is 0.347. The third kappa shape index (κ3) is 4.33. The number of nitrogens with zero attached hydrogens (tertiary/aromatic N) is 3. The summed E-state index contributed by atoms with van der Waals surface area (Å²) < 4.78 is 40.6. The third-order valence-corrected chi connectivity index (χ3v) is 6.06. The number of rotatable bonds is 4. The van der Waals surface area contributed by atoms with E-state index in [9.17, 15) is 18.0 Å². The van der Waals surface area contributed by atoms with Crippen LogP contribution in [0.25, 0.3) is 28.2 Å². The summed E-state index contributed by atoms with van der Waals surface area (Å²) in [5, 5.41) is 2.89. The Morgan fingerprint density at radius 1 is 0.889 bits per heavy atom. The van der Waals surface area contributed by atoms with Crippen LogP contribution < -0.4 is 5.32 Å². The Labute approximate surface area is 205 Å². The molecule has 0 aliphatic carbocycles. The fourth-order valence-electron chi connectivity index (χ4n) is 4.28. The second-order valence-corrected chi connectivity index (χ2v) is 8.43. The zero-order valence-electron chi connectivity index (χ0n) is 19.5. The number of aromatic nitrogens is 3. The molecule has 0 atom stereocenters. The average molecular weight is 486 g/mol. The molecule has 5 aromatic rings. The predicted octanol–water partition coefficient (Wildman–Crippen LogP) is 6.95. The lowest BCUT2D eigenvalue weighted by Gasteiger charge is -2.13. The van der Waals surface area contributed by atoms with Crippen LogP contribution in [0.4, 0.5) is 18.9 Å². The average Bonchev–Trinajstić information content (AvgIpc) is 3.19. The van der Waals surface area contributed by atoms with Crippen LogP contribution in [0.1, 0.15) is 27.2 Å². The van der Waals surface area contributed by atoms with Crippen molar-refractivity contribution >= 4 is 17.4 Å². The highest BCUT2D eigenvalue weighted by molar-refractivity contribution is 6.06. The van der Waals surface area contributed by atoms with Gasteiger partial charge in [-0.3, -0.25) is 9.20 Å². The van der Waals surface area contributed by atoms with Gasteiger partial charge in [-0.25, -0.2) is 9.97 Å². The van der Waals surface area contributed by atoms with E-state index in [1.807, 2.05) is 41.7 Å². The largest absolute Gasteiger partial charge is 0.416 e. The molecule has 8 heteroatoms. The second-order valence-electron chi connectivity index (χ2n) is 8.43. The monoisotopic (exact) mass is 486 g/mol. The molecule has 1 N–H and O–H groups in total. The van der Waals surface area contributed by atoms with Gasteiger partial charge in [0.05, 0.1) is 28.8 Å². The van der Waals surface area contributed by atoms with Crippen molar-refractivity contribution < 1.29 is 18.0 Å². The maximum Gasteiger partial charge on any atom is 0.416 e. The minimum atomic E-state index is -4.40. The lowest BCUT2D eigenvalue weighted by molar-refractivity contribution is -0.137. The van der Waals surface area contributed by atoms with Gasteiger partial charge < -0.3 is 5.32 Å². The summed E-state index contributed by atoms with van der Waals surface area (Å²) in [7, 11) is 0. The number of aryl methyl sites for hydroxylation is 1. The number of carbonyl (C=O) groups excluding carboxylic acids is 1. The number of benzene rings is 3. The lowest BCUT2D eigenvalue weighted by Crippen LogP contribution is -2.14. The summed E-state index contributed by atoms with van der Waals surface area (Å²) in [6, 6.07) is 19.9. The molecular weight excluding hydrogens is 465 g/mol. The number of carbonyl (C=O) groups is 1. The molecule has 0 fully saturated rings. The molecule has 3 aromatic carbocycles. The topological polar surface area (TPSA) is 59.3 Å². The van der Waals surface area contributed by atoms with Crippen molar-refractivity contribution in [1.82, 2.24) is 14.4 Å². The van der Waals surface area contributed by atoms with E-state index in [4.69, 9.17) is 0 Å². The van der Waals surface area contributed by atoms with Gasteiger partial charge in [-0.2, -0.15) is 13.2 Å². The van der Waals surface area contributed by atoms with Gasteiger partial charge in [-0.1, -0.05) is 54.6 Å². The van der Waals surface area contributed by atoms with Crippen LogP contribution in [0.15, 0.2) is 85.2 Å². The highest BCUT2D eigenvalue weighted by atomic mass is 19.4. The maximum absolute atomic E-state index is 13.2. The normalized spacial score (nSPS) is 11.6. The standard InChI is InChI=1S/C28H21F3N4O/c1-17-23(19-11-13-21(14-12-19)28(29,30)31)9-6-10-24(17)26(36)34-22-15-32-27-33-18(2)25(35(27)16-22)20-7-4-3-5-8-20/h3-16H,1-2H3,(H,34,36). The van der Waals surface area contributed by atoms with Crippen LogP contribution in [0, 0.1) is 13.8 Å². The SMILES string of the molecule is Cc1nc2ncc(NC(=O)c3cccc(-c4ccc(C(F)(F)F)cc4)c3C)cn2c1-c1ccccc1. The highest BCUT2D eigenvalue weighted by Gasteiger charge is 2.30. The summed E-state index contributed by atoms with van der Waals surface area (Å²) in [5.74, 6) is 0.172. The number of halogens is 3. The number of hydrogen-bond donors (Lipinski definition) is 1. The molecule has 0 radical (unpaired) electrons. The Morgan fingerprint density at radius 3 is 2.31 bits per heavy atom. The Balaban J connectivity index is 1.45. The summed E-state index contributed by atoms with van der Waals surface area (Å²) >= 11 is 0. The molecule has 0 saturated heterocycles. The van der Waals surface area contributed by atoms with Gasteiger partial charge in [-0.15, -0.1) is 0 Å². The van der Waals surface area contributed by atoms with Crippen LogP contribution in [0.2, 0.25) is 0 Å². The van der Waals surface area contributed by atoms with E-state index in [0.717, 1.165) is 29.1 Å². The molecule has 5 nitrogen and oxygen atoms in total. The fourth-order valence-corrected chi connectivity index (χ4v) is 4.28. The van der Waals surface area contributed by atoms with E-state index in [-0.39, 0.29) is 5.91 Å². The fraction of sp³-hybridized carbons (Fsp3) is 0.107. The first-order valence-electron chi connectivity index (χ1n) is 11.2. The molecule has 0 bridgehead atoms. The van der Waals surface area contributed by atoms with Crippen LogP contribution in [-0.4, -0.2) is 20.3 Å². The van der Waals surface area contributed by atoms with Gasteiger partial charge in [0.15, 0.2) is 0 Å². The van der Waals surface area contributed by atoms with Gasteiger partial charge in [0, 0.05) is 17.3 Å². The Hall–Kier alpha value is -4.46. The number of amides is 1. The van der Waals surface area contributed by atoms with Crippen LogP contribution in [0.3, 0.4) is 0 Å². The molecule has 5 rings (SSSR count). The molecule has 36 heavy (non-hydrogen) atoms. The highest BCUT2D eigenvalue weighted by Crippen LogP contribution is 2.32. The van der Waals surface area contributed by atoms with E-state index in [2.05, 4.69) is 15.3 Å². The number of anilines is 1. The molecular formula is C28H21F3N4O. The minimum Gasteiger partial charge on any atom is -0.319 e. The third-order valence-electron chi connectivity index (χ3n) is 6.06.